The van der Waals surface area contributed by atoms with Crippen LogP contribution in [0.4, 0.5) is 19.0 Å². The van der Waals surface area contributed by atoms with E-state index in [2.05, 4.69) is 9.98 Å². The van der Waals surface area contributed by atoms with Gasteiger partial charge in [-0.3, -0.25) is 9.40 Å². The van der Waals surface area contributed by atoms with Crippen LogP contribution in [0.3, 0.4) is 0 Å². The third-order valence-electron chi connectivity index (χ3n) is 5.13. The van der Waals surface area contributed by atoms with Crippen molar-refractivity contribution in [2.24, 2.45) is 10.7 Å². The van der Waals surface area contributed by atoms with Crippen LogP contribution in [0.15, 0.2) is 35.6 Å². The molecule has 5 atom stereocenters. The smallest absolute Gasteiger partial charge is 0.394 e. The van der Waals surface area contributed by atoms with Crippen LogP contribution in [0, 0.1) is 0 Å². The molecule has 1 saturated heterocycles. The SMILES string of the molecule is NC1c2ncn([C@@H]3O[C@H](CO)C(O)C3O)c2N=CN1OCc1ccccc1C(F)(F)F. The van der Waals surface area contributed by atoms with Gasteiger partial charge in [0.1, 0.15) is 37.0 Å². The van der Waals surface area contributed by atoms with Crippen LogP contribution < -0.4 is 5.73 Å². The van der Waals surface area contributed by atoms with E-state index in [0.717, 1.165) is 11.1 Å². The predicted octanol–water partition coefficient (Wildman–Crippen LogP) is 0.578. The molecule has 1 aromatic carbocycles. The first-order chi connectivity index (χ1) is 14.7. The van der Waals surface area contributed by atoms with E-state index in [0.29, 0.717) is 0 Å². The molecule has 168 valence electrons. The molecule has 10 nitrogen and oxygen atoms in total. The van der Waals surface area contributed by atoms with Crippen LogP contribution >= 0.6 is 0 Å². The summed E-state index contributed by atoms with van der Waals surface area (Å²) in [5.41, 5.74) is 5.47. The number of hydroxylamine groups is 2. The molecule has 5 N–H and O–H groups in total. The molecule has 13 heteroatoms. The molecule has 1 fully saturated rings. The van der Waals surface area contributed by atoms with Gasteiger partial charge in [0.2, 0.25) is 0 Å². The Morgan fingerprint density at radius 3 is 2.61 bits per heavy atom. The summed E-state index contributed by atoms with van der Waals surface area (Å²) in [7, 11) is 0. The Bertz CT molecular complexity index is 968. The van der Waals surface area contributed by atoms with E-state index in [1.54, 1.807) is 0 Å². The van der Waals surface area contributed by atoms with Gasteiger partial charge in [-0.1, -0.05) is 18.2 Å². The Morgan fingerprint density at radius 1 is 1.19 bits per heavy atom. The summed E-state index contributed by atoms with van der Waals surface area (Å²) in [6.45, 7) is -0.893. The highest BCUT2D eigenvalue weighted by Crippen LogP contribution is 2.37. The second kappa shape index (κ2) is 8.18. The van der Waals surface area contributed by atoms with Crippen LogP contribution in [-0.4, -0.2) is 61.2 Å². The lowest BCUT2D eigenvalue weighted by atomic mass is 10.1. The van der Waals surface area contributed by atoms with Crippen molar-refractivity contribution in [3.8, 4) is 0 Å². The zero-order valence-corrected chi connectivity index (χ0v) is 15.9. The van der Waals surface area contributed by atoms with Crippen molar-refractivity contribution in [3.63, 3.8) is 0 Å². The van der Waals surface area contributed by atoms with Crippen LogP contribution in [0.2, 0.25) is 0 Å². The fourth-order valence-electron chi connectivity index (χ4n) is 3.49. The number of alkyl halides is 3. The number of benzene rings is 1. The largest absolute Gasteiger partial charge is 0.416 e. The Hall–Kier alpha value is -2.55. The number of aliphatic hydroxyl groups is 3. The number of rotatable bonds is 5. The average molecular weight is 443 g/mol. The number of nitrogens with zero attached hydrogens (tertiary/aromatic N) is 4. The lowest BCUT2D eigenvalue weighted by Gasteiger charge is -2.28. The van der Waals surface area contributed by atoms with E-state index >= 15 is 0 Å². The molecule has 3 unspecified atom stereocenters. The van der Waals surface area contributed by atoms with Crippen molar-refractivity contribution in [2.45, 2.75) is 43.5 Å². The van der Waals surface area contributed by atoms with Crippen molar-refractivity contribution in [1.82, 2.24) is 14.6 Å². The highest BCUT2D eigenvalue weighted by atomic mass is 19.4. The molecular formula is C18H20F3N5O5. The molecule has 2 aliphatic heterocycles. The highest BCUT2D eigenvalue weighted by molar-refractivity contribution is 5.64. The molecule has 0 bridgehead atoms. The number of fused-ring (bicyclic) bond motifs is 1. The monoisotopic (exact) mass is 443 g/mol. The predicted molar refractivity (Wildman–Crippen MR) is 98.4 cm³/mol. The van der Waals surface area contributed by atoms with Crippen LogP contribution in [0.5, 0.6) is 0 Å². The van der Waals surface area contributed by atoms with Gasteiger partial charge in [0, 0.05) is 0 Å². The second-order valence-corrected chi connectivity index (χ2v) is 7.07. The molecule has 2 aliphatic rings. The van der Waals surface area contributed by atoms with Crippen LogP contribution in [0.1, 0.15) is 29.2 Å². The molecule has 1 aromatic heterocycles. The minimum atomic E-state index is -4.52. The first-order valence-corrected chi connectivity index (χ1v) is 9.27. The molecule has 0 saturated carbocycles. The summed E-state index contributed by atoms with van der Waals surface area (Å²) >= 11 is 0. The molecule has 3 heterocycles. The molecule has 0 radical (unpaired) electrons. The summed E-state index contributed by atoms with van der Waals surface area (Å²) < 4.78 is 46.3. The molecule has 2 aromatic rings. The normalized spacial score (nSPS) is 28.2. The Balaban J connectivity index is 1.50. The van der Waals surface area contributed by atoms with Gasteiger partial charge in [-0.05, 0) is 11.6 Å². The standard InChI is InChI=1S/C18H20F3N5O5/c19-18(20,21)10-4-2-1-3-9(10)6-30-26-8-24-16-12(15(26)22)23-7-25(16)17-14(29)13(28)11(5-27)31-17/h1-4,7-8,11,13-15,17,27-29H,5-6,22H2/t11-,13?,14?,15?,17-/m1/s1. The number of hydrogen-bond acceptors (Lipinski definition) is 9. The second-order valence-electron chi connectivity index (χ2n) is 7.07. The van der Waals surface area contributed by atoms with Gasteiger partial charge >= 0.3 is 6.18 Å². The topological polar surface area (TPSA) is 139 Å². The van der Waals surface area contributed by atoms with E-state index in [9.17, 15) is 28.5 Å². The van der Waals surface area contributed by atoms with Crippen molar-refractivity contribution in [1.29, 1.82) is 0 Å². The number of nitrogens with two attached hydrogens (primary N) is 1. The third kappa shape index (κ3) is 3.91. The summed E-state index contributed by atoms with van der Waals surface area (Å²) in [5.74, 6) is 0.220. The first kappa shape index (κ1) is 21.7. The number of aliphatic imine (C=N–C) groups is 1. The molecule has 31 heavy (non-hydrogen) atoms. The van der Waals surface area contributed by atoms with Crippen LogP contribution in [-0.2, 0) is 22.4 Å². The zero-order valence-electron chi connectivity index (χ0n) is 15.9. The summed E-state index contributed by atoms with van der Waals surface area (Å²) in [4.78, 5) is 13.7. The van der Waals surface area contributed by atoms with E-state index in [4.69, 9.17) is 15.3 Å². The quantitative estimate of drug-likeness (QED) is 0.527. The van der Waals surface area contributed by atoms with Crippen molar-refractivity contribution >= 4 is 12.2 Å². The minimum absolute atomic E-state index is 0.0709. The van der Waals surface area contributed by atoms with Gasteiger partial charge in [0.25, 0.3) is 0 Å². The van der Waals surface area contributed by atoms with E-state index in [-0.39, 0.29) is 17.1 Å². The Labute approximate surface area is 173 Å². The molecule has 0 amide bonds. The first-order valence-electron chi connectivity index (χ1n) is 9.27. The minimum Gasteiger partial charge on any atom is -0.394 e. The number of ether oxygens (including phenoxy) is 1. The van der Waals surface area contributed by atoms with Crippen LogP contribution in [0.25, 0.3) is 0 Å². The fraction of sp³-hybridized carbons (Fsp3) is 0.444. The lowest BCUT2D eigenvalue weighted by molar-refractivity contribution is -0.150. The summed E-state index contributed by atoms with van der Waals surface area (Å²) in [6.07, 6.45) is -7.72. The number of aliphatic hydroxyl groups excluding tert-OH is 3. The van der Waals surface area contributed by atoms with E-state index in [1.165, 1.54) is 35.4 Å². The highest BCUT2D eigenvalue weighted by Gasteiger charge is 2.45. The Kier molecular flexibility index (Phi) is 5.72. The molecule has 0 spiro atoms. The lowest BCUT2D eigenvalue weighted by Crippen LogP contribution is -2.36. The number of imidazole rings is 1. The average Bonchev–Trinajstić information content (AvgIpc) is 3.29. The van der Waals surface area contributed by atoms with Crippen molar-refractivity contribution < 1.29 is 38.1 Å². The third-order valence-corrected chi connectivity index (χ3v) is 5.13. The van der Waals surface area contributed by atoms with E-state index < -0.39 is 55.7 Å². The van der Waals surface area contributed by atoms with Gasteiger partial charge < -0.3 is 25.8 Å². The van der Waals surface area contributed by atoms with Crippen molar-refractivity contribution in [3.05, 3.63) is 47.4 Å². The van der Waals surface area contributed by atoms with Gasteiger partial charge in [-0.2, -0.15) is 13.2 Å². The maximum absolute atomic E-state index is 13.2. The molecular weight excluding hydrogens is 423 g/mol. The zero-order chi connectivity index (χ0) is 22.3. The molecule has 4 rings (SSSR count). The van der Waals surface area contributed by atoms with Gasteiger partial charge in [0.15, 0.2) is 18.2 Å². The Morgan fingerprint density at radius 2 is 1.94 bits per heavy atom. The number of halogens is 3. The van der Waals surface area contributed by atoms with E-state index in [1.807, 2.05) is 0 Å². The number of aromatic nitrogens is 2. The summed E-state index contributed by atoms with van der Waals surface area (Å²) in [6, 6.07) is 5.02. The summed E-state index contributed by atoms with van der Waals surface area (Å²) in [5, 5.41) is 30.5. The van der Waals surface area contributed by atoms with Gasteiger partial charge in [-0.25, -0.2) is 15.0 Å². The van der Waals surface area contributed by atoms with Gasteiger partial charge in [-0.15, -0.1) is 0 Å². The molecule has 0 aliphatic carbocycles. The maximum Gasteiger partial charge on any atom is 0.416 e. The number of hydrogen-bond donors (Lipinski definition) is 4. The maximum atomic E-state index is 13.2. The van der Waals surface area contributed by atoms with Crippen molar-refractivity contribution in [2.75, 3.05) is 6.61 Å². The van der Waals surface area contributed by atoms with Gasteiger partial charge in [0.05, 0.1) is 18.5 Å². The fourth-order valence-corrected chi connectivity index (χ4v) is 3.49.